The maximum absolute atomic E-state index is 14.0. The van der Waals surface area contributed by atoms with E-state index in [1.165, 1.54) is 6.07 Å². The molecule has 3 heteroatoms. The van der Waals surface area contributed by atoms with E-state index in [1.54, 1.807) is 6.07 Å². The average molecular weight is 261 g/mol. The van der Waals surface area contributed by atoms with Crippen LogP contribution < -0.4 is 0 Å². The normalized spacial score (nSPS) is 18.1. The Balaban J connectivity index is 2.06. The van der Waals surface area contributed by atoms with E-state index in [1.807, 2.05) is 6.07 Å². The Labute approximate surface area is 114 Å². The first kappa shape index (κ1) is 14.0. The van der Waals surface area contributed by atoms with Crippen LogP contribution in [-0.2, 0) is 6.54 Å². The summed E-state index contributed by atoms with van der Waals surface area (Å²) in [5.41, 5.74) is 1.66. The number of halogens is 1. The van der Waals surface area contributed by atoms with E-state index in [-0.39, 0.29) is 12.4 Å². The van der Waals surface area contributed by atoms with Crippen LogP contribution in [0.4, 0.5) is 4.39 Å². The number of aliphatic hydroxyl groups is 1. The van der Waals surface area contributed by atoms with Gasteiger partial charge in [0.1, 0.15) is 12.4 Å². The van der Waals surface area contributed by atoms with Crippen molar-refractivity contribution in [1.29, 1.82) is 0 Å². The maximum Gasteiger partial charge on any atom is 0.128 e. The molecule has 1 saturated heterocycles. The molecule has 1 heterocycles. The summed E-state index contributed by atoms with van der Waals surface area (Å²) in [4.78, 5) is 2.29. The second-order valence-electron chi connectivity index (χ2n) is 5.89. The predicted molar refractivity (Wildman–Crippen MR) is 74.0 cm³/mol. The third-order valence-corrected chi connectivity index (χ3v) is 3.52. The highest BCUT2D eigenvalue weighted by molar-refractivity contribution is 5.37. The Kier molecular flexibility index (Phi) is 4.24. The van der Waals surface area contributed by atoms with Gasteiger partial charge >= 0.3 is 0 Å². The number of benzene rings is 1. The standard InChI is InChI=1S/C16H20FNO/c1-16(2)7-8-18(12-16)11-14-6-5-13(4-3-9-19)10-15(14)17/h5-6,10,19H,7-9,11-12H2,1-2H3. The molecular weight excluding hydrogens is 241 g/mol. The summed E-state index contributed by atoms with van der Waals surface area (Å²) in [6.45, 7) is 6.99. The molecule has 0 bridgehead atoms. The molecule has 0 radical (unpaired) electrons. The van der Waals surface area contributed by atoms with Crippen LogP contribution >= 0.6 is 0 Å². The minimum atomic E-state index is -0.213. The Morgan fingerprint density at radius 1 is 1.42 bits per heavy atom. The van der Waals surface area contributed by atoms with Gasteiger partial charge in [0.15, 0.2) is 0 Å². The van der Waals surface area contributed by atoms with Crippen LogP contribution in [0.2, 0.25) is 0 Å². The SMILES string of the molecule is CC1(C)CCN(Cc2ccc(C#CCO)cc2F)C1. The molecule has 0 aliphatic carbocycles. The third kappa shape index (κ3) is 3.79. The summed E-state index contributed by atoms with van der Waals surface area (Å²) in [7, 11) is 0. The lowest BCUT2D eigenvalue weighted by Crippen LogP contribution is -2.23. The fourth-order valence-electron chi connectivity index (χ4n) is 2.49. The van der Waals surface area contributed by atoms with E-state index < -0.39 is 0 Å². The summed E-state index contributed by atoms with van der Waals surface area (Å²) >= 11 is 0. The molecule has 0 atom stereocenters. The highest BCUT2D eigenvalue weighted by atomic mass is 19.1. The molecule has 2 rings (SSSR count). The van der Waals surface area contributed by atoms with Gasteiger partial charge in [-0.3, -0.25) is 4.90 Å². The molecule has 0 saturated carbocycles. The molecule has 0 spiro atoms. The van der Waals surface area contributed by atoms with Crippen molar-refractivity contribution in [2.24, 2.45) is 5.41 Å². The monoisotopic (exact) mass is 261 g/mol. The van der Waals surface area contributed by atoms with E-state index >= 15 is 0 Å². The zero-order valence-corrected chi connectivity index (χ0v) is 11.5. The van der Waals surface area contributed by atoms with Crippen LogP contribution in [0.15, 0.2) is 18.2 Å². The molecular formula is C16H20FNO. The molecule has 1 aromatic carbocycles. The van der Waals surface area contributed by atoms with Gasteiger partial charge in [-0.1, -0.05) is 31.8 Å². The fourth-order valence-corrected chi connectivity index (χ4v) is 2.49. The highest BCUT2D eigenvalue weighted by Crippen LogP contribution is 2.30. The summed E-state index contributed by atoms with van der Waals surface area (Å²) in [6.07, 6.45) is 1.16. The molecule has 102 valence electrons. The van der Waals surface area contributed by atoms with E-state index in [9.17, 15) is 4.39 Å². The molecule has 1 fully saturated rings. The second kappa shape index (κ2) is 5.73. The second-order valence-corrected chi connectivity index (χ2v) is 5.89. The molecule has 19 heavy (non-hydrogen) atoms. The van der Waals surface area contributed by atoms with Gasteiger partial charge in [-0.2, -0.15) is 0 Å². The fraction of sp³-hybridized carbons (Fsp3) is 0.500. The quantitative estimate of drug-likeness (QED) is 0.826. The molecule has 0 aromatic heterocycles. The van der Waals surface area contributed by atoms with Gasteiger partial charge < -0.3 is 5.11 Å². The molecule has 2 nitrogen and oxygen atoms in total. The average Bonchev–Trinajstić information content (AvgIpc) is 2.69. The minimum absolute atomic E-state index is 0.202. The van der Waals surface area contributed by atoms with Crippen molar-refractivity contribution in [1.82, 2.24) is 4.90 Å². The Morgan fingerprint density at radius 2 is 2.21 bits per heavy atom. The summed E-state index contributed by atoms with van der Waals surface area (Å²) in [6, 6.07) is 5.05. The van der Waals surface area contributed by atoms with Crippen molar-refractivity contribution in [3.05, 3.63) is 35.1 Å². The maximum atomic E-state index is 14.0. The van der Waals surface area contributed by atoms with Gasteiger partial charge in [0, 0.05) is 24.2 Å². The van der Waals surface area contributed by atoms with Crippen molar-refractivity contribution >= 4 is 0 Å². The number of hydrogen-bond acceptors (Lipinski definition) is 2. The number of aliphatic hydroxyl groups excluding tert-OH is 1. The molecule has 1 aliphatic heterocycles. The summed E-state index contributed by atoms with van der Waals surface area (Å²) in [5.74, 6) is 5.03. The topological polar surface area (TPSA) is 23.5 Å². The Bertz CT molecular complexity index is 513. The van der Waals surface area contributed by atoms with Gasteiger partial charge in [0.2, 0.25) is 0 Å². The van der Waals surface area contributed by atoms with Gasteiger partial charge in [-0.05, 0) is 30.5 Å². The van der Waals surface area contributed by atoms with Crippen molar-refractivity contribution in [3.63, 3.8) is 0 Å². The first-order chi connectivity index (χ1) is 9.00. The van der Waals surface area contributed by atoms with Crippen molar-refractivity contribution in [2.75, 3.05) is 19.7 Å². The highest BCUT2D eigenvalue weighted by Gasteiger charge is 2.29. The van der Waals surface area contributed by atoms with E-state index in [2.05, 4.69) is 30.6 Å². The van der Waals surface area contributed by atoms with Crippen LogP contribution in [0.5, 0.6) is 0 Å². The predicted octanol–water partition coefficient (Wildman–Crippen LogP) is 2.40. The summed E-state index contributed by atoms with van der Waals surface area (Å²) < 4.78 is 14.0. The number of rotatable bonds is 2. The van der Waals surface area contributed by atoms with Crippen molar-refractivity contribution in [2.45, 2.75) is 26.8 Å². The van der Waals surface area contributed by atoms with Crippen LogP contribution in [0.3, 0.4) is 0 Å². The smallest absolute Gasteiger partial charge is 0.128 e. The van der Waals surface area contributed by atoms with Gasteiger partial charge in [0.25, 0.3) is 0 Å². The van der Waals surface area contributed by atoms with E-state index in [0.717, 1.165) is 19.5 Å². The first-order valence-electron chi connectivity index (χ1n) is 6.61. The molecule has 0 amide bonds. The molecule has 1 aliphatic rings. The van der Waals surface area contributed by atoms with Crippen LogP contribution in [0, 0.1) is 23.1 Å². The lowest BCUT2D eigenvalue weighted by Gasteiger charge is -2.19. The number of hydrogen-bond donors (Lipinski definition) is 1. The Morgan fingerprint density at radius 3 is 2.79 bits per heavy atom. The van der Waals surface area contributed by atoms with Crippen LogP contribution in [0.25, 0.3) is 0 Å². The third-order valence-electron chi connectivity index (χ3n) is 3.52. The van der Waals surface area contributed by atoms with Crippen molar-refractivity contribution in [3.8, 4) is 11.8 Å². The van der Waals surface area contributed by atoms with Crippen LogP contribution in [-0.4, -0.2) is 29.7 Å². The first-order valence-corrected chi connectivity index (χ1v) is 6.61. The number of nitrogens with zero attached hydrogens (tertiary/aromatic N) is 1. The van der Waals surface area contributed by atoms with E-state index in [0.29, 0.717) is 23.1 Å². The molecule has 0 unspecified atom stereocenters. The zero-order valence-electron chi connectivity index (χ0n) is 11.5. The van der Waals surface area contributed by atoms with Crippen LogP contribution in [0.1, 0.15) is 31.4 Å². The van der Waals surface area contributed by atoms with Crippen molar-refractivity contribution < 1.29 is 9.50 Å². The van der Waals surface area contributed by atoms with E-state index in [4.69, 9.17) is 5.11 Å². The minimum Gasteiger partial charge on any atom is -0.384 e. The zero-order chi connectivity index (χ0) is 13.9. The number of likely N-dealkylation sites (tertiary alicyclic amines) is 1. The lowest BCUT2D eigenvalue weighted by molar-refractivity contribution is 0.281. The van der Waals surface area contributed by atoms with Gasteiger partial charge in [-0.15, -0.1) is 0 Å². The lowest BCUT2D eigenvalue weighted by atomic mass is 9.93. The molecule has 1 aromatic rings. The van der Waals surface area contributed by atoms with Gasteiger partial charge in [0.05, 0.1) is 0 Å². The van der Waals surface area contributed by atoms with Gasteiger partial charge in [-0.25, -0.2) is 4.39 Å². The Hall–Kier alpha value is -1.37. The summed E-state index contributed by atoms with van der Waals surface area (Å²) in [5, 5.41) is 8.62. The molecule has 1 N–H and O–H groups in total. The largest absolute Gasteiger partial charge is 0.384 e.